The lowest BCUT2D eigenvalue weighted by atomic mass is 10.1. The predicted molar refractivity (Wildman–Crippen MR) is 79.8 cm³/mol. The van der Waals surface area contributed by atoms with Gasteiger partial charge in [-0.3, -0.25) is 4.79 Å². The molecule has 0 heterocycles. The van der Waals surface area contributed by atoms with Crippen LogP contribution in [-0.2, 0) is 6.54 Å². The Morgan fingerprint density at radius 2 is 1.95 bits per heavy atom. The SMILES string of the molecule is COc1c(N)cccc1C(=O)NCc1ccccc1C. The molecule has 0 saturated carbocycles. The van der Waals surface area contributed by atoms with E-state index in [0.717, 1.165) is 11.1 Å². The van der Waals surface area contributed by atoms with Gasteiger partial charge in [0, 0.05) is 6.54 Å². The van der Waals surface area contributed by atoms with Gasteiger partial charge in [0.05, 0.1) is 18.4 Å². The van der Waals surface area contributed by atoms with E-state index in [2.05, 4.69) is 5.32 Å². The number of nitrogen functional groups attached to an aromatic ring is 1. The van der Waals surface area contributed by atoms with Crippen LogP contribution in [-0.4, -0.2) is 13.0 Å². The van der Waals surface area contributed by atoms with E-state index in [1.165, 1.54) is 7.11 Å². The fourth-order valence-electron chi connectivity index (χ4n) is 2.04. The highest BCUT2D eigenvalue weighted by atomic mass is 16.5. The number of carbonyl (C=O) groups is 1. The minimum absolute atomic E-state index is 0.197. The zero-order valence-corrected chi connectivity index (χ0v) is 11.6. The standard InChI is InChI=1S/C16H18N2O2/c1-11-6-3-4-7-12(11)10-18-16(19)13-8-5-9-14(17)15(13)20-2/h3-9H,10,17H2,1-2H3,(H,18,19). The highest BCUT2D eigenvalue weighted by molar-refractivity contribution is 5.98. The summed E-state index contributed by atoms with van der Waals surface area (Å²) in [6, 6.07) is 13.1. The third-order valence-electron chi connectivity index (χ3n) is 3.19. The van der Waals surface area contributed by atoms with E-state index >= 15 is 0 Å². The first-order chi connectivity index (χ1) is 9.63. The van der Waals surface area contributed by atoms with Crippen LogP contribution in [0.15, 0.2) is 42.5 Å². The minimum Gasteiger partial charge on any atom is -0.494 e. The molecule has 0 unspecified atom stereocenters. The number of carbonyl (C=O) groups excluding carboxylic acids is 1. The molecule has 20 heavy (non-hydrogen) atoms. The fraction of sp³-hybridized carbons (Fsp3) is 0.188. The molecule has 0 fully saturated rings. The van der Waals surface area contributed by atoms with Gasteiger partial charge in [-0.2, -0.15) is 0 Å². The van der Waals surface area contributed by atoms with Crippen LogP contribution in [0.1, 0.15) is 21.5 Å². The monoisotopic (exact) mass is 270 g/mol. The van der Waals surface area contributed by atoms with Crippen molar-refractivity contribution in [3.05, 3.63) is 59.2 Å². The lowest BCUT2D eigenvalue weighted by molar-refractivity contribution is 0.0948. The maximum Gasteiger partial charge on any atom is 0.255 e. The molecule has 0 atom stereocenters. The van der Waals surface area contributed by atoms with Crippen LogP contribution in [0.3, 0.4) is 0 Å². The Hall–Kier alpha value is -2.49. The van der Waals surface area contributed by atoms with Crippen LogP contribution < -0.4 is 15.8 Å². The van der Waals surface area contributed by atoms with Crippen molar-refractivity contribution in [2.45, 2.75) is 13.5 Å². The summed E-state index contributed by atoms with van der Waals surface area (Å²) >= 11 is 0. The van der Waals surface area contributed by atoms with Gasteiger partial charge in [0.1, 0.15) is 0 Å². The molecule has 2 aromatic carbocycles. The molecular weight excluding hydrogens is 252 g/mol. The van der Waals surface area contributed by atoms with Gasteiger partial charge in [-0.25, -0.2) is 0 Å². The quantitative estimate of drug-likeness (QED) is 0.839. The average molecular weight is 270 g/mol. The molecule has 0 bridgehead atoms. The van der Waals surface area contributed by atoms with Crippen molar-refractivity contribution < 1.29 is 9.53 Å². The van der Waals surface area contributed by atoms with E-state index in [1.54, 1.807) is 18.2 Å². The van der Waals surface area contributed by atoms with E-state index in [-0.39, 0.29) is 5.91 Å². The van der Waals surface area contributed by atoms with E-state index < -0.39 is 0 Å². The molecule has 0 aliphatic rings. The van der Waals surface area contributed by atoms with Crippen LogP contribution in [0.5, 0.6) is 5.75 Å². The highest BCUT2D eigenvalue weighted by Crippen LogP contribution is 2.25. The van der Waals surface area contributed by atoms with Gasteiger partial charge in [-0.05, 0) is 30.2 Å². The third kappa shape index (κ3) is 2.91. The Bertz CT molecular complexity index is 624. The minimum atomic E-state index is -0.197. The molecule has 2 rings (SSSR count). The lowest BCUT2D eigenvalue weighted by Crippen LogP contribution is -2.24. The third-order valence-corrected chi connectivity index (χ3v) is 3.19. The van der Waals surface area contributed by atoms with Crippen LogP contribution in [0.4, 0.5) is 5.69 Å². The predicted octanol–water partition coefficient (Wildman–Crippen LogP) is 2.52. The van der Waals surface area contributed by atoms with Gasteiger partial charge in [-0.1, -0.05) is 30.3 Å². The smallest absolute Gasteiger partial charge is 0.255 e. The fourth-order valence-corrected chi connectivity index (χ4v) is 2.04. The molecule has 0 radical (unpaired) electrons. The average Bonchev–Trinajstić information content (AvgIpc) is 2.46. The first kappa shape index (κ1) is 13.9. The first-order valence-electron chi connectivity index (χ1n) is 6.38. The van der Waals surface area contributed by atoms with Gasteiger partial charge in [0.25, 0.3) is 5.91 Å². The van der Waals surface area contributed by atoms with Gasteiger partial charge in [0.15, 0.2) is 5.75 Å². The number of hydrogen-bond acceptors (Lipinski definition) is 3. The maximum atomic E-state index is 12.2. The largest absolute Gasteiger partial charge is 0.494 e. The van der Waals surface area contributed by atoms with Crippen molar-refractivity contribution >= 4 is 11.6 Å². The number of ether oxygens (including phenoxy) is 1. The number of benzene rings is 2. The Kier molecular flexibility index (Phi) is 4.25. The number of para-hydroxylation sites is 1. The van der Waals surface area contributed by atoms with E-state index in [4.69, 9.17) is 10.5 Å². The molecular formula is C16H18N2O2. The van der Waals surface area contributed by atoms with E-state index in [0.29, 0.717) is 23.5 Å². The molecule has 3 N–H and O–H groups in total. The molecule has 0 aliphatic carbocycles. The Morgan fingerprint density at radius 1 is 1.20 bits per heavy atom. The summed E-state index contributed by atoms with van der Waals surface area (Å²) in [6.07, 6.45) is 0. The van der Waals surface area contributed by atoms with Crippen molar-refractivity contribution in [1.82, 2.24) is 5.32 Å². The van der Waals surface area contributed by atoms with Gasteiger partial charge >= 0.3 is 0 Å². The Labute approximate surface area is 118 Å². The summed E-state index contributed by atoms with van der Waals surface area (Å²) in [5.74, 6) is 0.215. The van der Waals surface area contributed by atoms with Gasteiger partial charge in [0.2, 0.25) is 0 Å². The summed E-state index contributed by atoms with van der Waals surface area (Å²) in [5, 5.41) is 2.88. The van der Waals surface area contributed by atoms with Crippen molar-refractivity contribution in [3.63, 3.8) is 0 Å². The molecule has 2 aromatic rings. The van der Waals surface area contributed by atoms with E-state index in [1.807, 2.05) is 31.2 Å². The van der Waals surface area contributed by atoms with Crippen LogP contribution in [0.2, 0.25) is 0 Å². The first-order valence-corrected chi connectivity index (χ1v) is 6.38. The van der Waals surface area contributed by atoms with Crippen LogP contribution in [0.25, 0.3) is 0 Å². The molecule has 0 aromatic heterocycles. The number of nitrogens with two attached hydrogens (primary N) is 1. The van der Waals surface area contributed by atoms with Crippen molar-refractivity contribution in [2.24, 2.45) is 0 Å². The van der Waals surface area contributed by atoms with Crippen LogP contribution in [0, 0.1) is 6.92 Å². The molecule has 4 nitrogen and oxygen atoms in total. The number of rotatable bonds is 4. The van der Waals surface area contributed by atoms with Crippen LogP contribution >= 0.6 is 0 Å². The topological polar surface area (TPSA) is 64.3 Å². The second kappa shape index (κ2) is 6.10. The molecule has 0 saturated heterocycles. The summed E-state index contributed by atoms with van der Waals surface area (Å²) in [4.78, 5) is 12.2. The summed E-state index contributed by atoms with van der Waals surface area (Å²) in [6.45, 7) is 2.49. The number of methoxy groups -OCH3 is 1. The lowest BCUT2D eigenvalue weighted by Gasteiger charge is -2.12. The van der Waals surface area contributed by atoms with Crippen molar-refractivity contribution in [3.8, 4) is 5.75 Å². The van der Waals surface area contributed by atoms with Crippen molar-refractivity contribution in [1.29, 1.82) is 0 Å². The Balaban J connectivity index is 2.14. The van der Waals surface area contributed by atoms with Gasteiger partial charge in [-0.15, -0.1) is 0 Å². The van der Waals surface area contributed by atoms with Gasteiger partial charge < -0.3 is 15.8 Å². The normalized spacial score (nSPS) is 10.1. The zero-order valence-electron chi connectivity index (χ0n) is 11.6. The molecule has 4 heteroatoms. The summed E-state index contributed by atoms with van der Waals surface area (Å²) in [7, 11) is 1.50. The number of anilines is 1. The second-order valence-electron chi connectivity index (χ2n) is 4.54. The number of hydrogen-bond donors (Lipinski definition) is 2. The number of amides is 1. The highest BCUT2D eigenvalue weighted by Gasteiger charge is 2.14. The summed E-state index contributed by atoms with van der Waals surface area (Å²) < 4.78 is 5.19. The zero-order chi connectivity index (χ0) is 14.5. The van der Waals surface area contributed by atoms with Crippen molar-refractivity contribution in [2.75, 3.05) is 12.8 Å². The Morgan fingerprint density at radius 3 is 2.65 bits per heavy atom. The summed E-state index contributed by atoms with van der Waals surface area (Å²) in [5.41, 5.74) is 8.93. The molecule has 0 aliphatic heterocycles. The maximum absolute atomic E-state index is 12.2. The molecule has 0 spiro atoms. The molecule has 1 amide bonds. The second-order valence-corrected chi connectivity index (χ2v) is 4.54. The number of aryl methyl sites for hydroxylation is 1. The van der Waals surface area contributed by atoms with E-state index in [9.17, 15) is 4.79 Å². The number of nitrogens with one attached hydrogen (secondary N) is 1. The molecule has 104 valence electrons.